The number of benzene rings is 1. The fourth-order valence-electron chi connectivity index (χ4n) is 1.55. The summed E-state index contributed by atoms with van der Waals surface area (Å²) in [6.45, 7) is 0.119. The molecule has 1 aromatic rings. The highest BCUT2D eigenvalue weighted by atomic mass is 35.5. The molecule has 0 radical (unpaired) electrons. The first kappa shape index (κ1) is 17.3. The predicted molar refractivity (Wildman–Crippen MR) is 79.0 cm³/mol. The van der Waals surface area contributed by atoms with Gasteiger partial charge in [0.1, 0.15) is 18.8 Å². The average molecular weight is 315 g/mol. The molecule has 1 atom stereocenters. The van der Waals surface area contributed by atoms with E-state index in [0.717, 1.165) is 18.4 Å². The second kappa shape index (κ2) is 8.49. The van der Waals surface area contributed by atoms with Crippen molar-refractivity contribution in [3.05, 3.63) is 35.9 Å². The van der Waals surface area contributed by atoms with Crippen molar-refractivity contribution in [2.45, 2.75) is 31.6 Å². The van der Waals surface area contributed by atoms with Gasteiger partial charge in [0.05, 0.1) is 0 Å². The topological polar surface area (TPSA) is 90.6 Å². The number of hydrogen-bond donors (Lipinski definition) is 2. The van der Waals surface area contributed by atoms with Crippen LogP contribution < -0.4 is 11.1 Å². The van der Waals surface area contributed by atoms with E-state index in [-0.39, 0.29) is 31.7 Å². The first-order valence-corrected chi connectivity index (χ1v) is 6.57. The number of esters is 1. The molecule has 0 spiro atoms. The monoisotopic (exact) mass is 314 g/mol. The summed E-state index contributed by atoms with van der Waals surface area (Å²) in [5.41, 5.74) is 6.32. The molecule has 3 N–H and O–H groups in total. The van der Waals surface area contributed by atoms with E-state index in [4.69, 9.17) is 15.2 Å². The number of alkyl carbamates (subject to hydrolysis) is 1. The highest BCUT2D eigenvalue weighted by molar-refractivity contribution is 5.85. The normalized spacial score (nSPS) is 14.5. The second-order valence-electron chi connectivity index (χ2n) is 4.63. The maximum Gasteiger partial charge on any atom is 0.408 e. The van der Waals surface area contributed by atoms with Gasteiger partial charge in [-0.05, 0) is 18.4 Å². The van der Waals surface area contributed by atoms with Crippen molar-refractivity contribution in [1.29, 1.82) is 0 Å². The minimum Gasteiger partial charge on any atom is -0.461 e. The summed E-state index contributed by atoms with van der Waals surface area (Å²) < 4.78 is 10.1. The summed E-state index contributed by atoms with van der Waals surface area (Å²) in [4.78, 5) is 23.3. The van der Waals surface area contributed by atoms with E-state index in [1.54, 1.807) is 0 Å². The highest BCUT2D eigenvalue weighted by Gasteiger charge is 2.30. The Labute approximate surface area is 129 Å². The Morgan fingerprint density at radius 3 is 2.52 bits per heavy atom. The Morgan fingerprint density at radius 1 is 1.29 bits per heavy atom. The number of carbonyl (C=O) groups excluding carboxylic acids is 2. The first-order chi connectivity index (χ1) is 9.69. The molecule has 0 aromatic heterocycles. The molecule has 0 heterocycles. The number of nitrogens with one attached hydrogen (secondary N) is 1. The minimum absolute atomic E-state index is 0. The summed E-state index contributed by atoms with van der Waals surface area (Å²) in [6.07, 6.45) is 1.05. The third-order valence-electron chi connectivity index (χ3n) is 2.83. The van der Waals surface area contributed by atoms with E-state index in [2.05, 4.69) is 5.32 Å². The van der Waals surface area contributed by atoms with Crippen LogP contribution >= 0.6 is 12.4 Å². The van der Waals surface area contributed by atoms with Crippen LogP contribution in [0.5, 0.6) is 0 Å². The van der Waals surface area contributed by atoms with Crippen LogP contribution in [-0.2, 0) is 20.9 Å². The molecule has 7 heteroatoms. The van der Waals surface area contributed by atoms with Crippen LogP contribution in [0.1, 0.15) is 18.4 Å². The molecule has 116 valence electrons. The first-order valence-electron chi connectivity index (χ1n) is 6.57. The van der Waals surface area contributed by atoms with E-state index >= 15 is 0 Å². The van der Waals surface area contributed by atoms with Gasteiger partial charge in [0.15, 0.2) is 0 Å². The molecule has 1 aliphatic rings. The van der Waals surface area contributed by atoms with E-state index in [0.29, 0.717) is 0 Å². The van der Waals surface area contributed by atoms with Crippen molar-refractivity contribution in [3.8, 4) is 0 Å². The number of amides is 1. The largest absolute Gasteiger partial charge is 0.461 e. The van der Waals surface area contributed by atoms with Crippen molar-refractivity contribution in [2.24, 2.45) is 5.73 Å². The third kappa shape index (κ3) is 6.01. The van der Waals surface area contributed by atoms with Crippen LogP contribution in [0.2, 0.25) is 0 Å². The quantitative estimate of drug-likeness (QED) is 0.774. The van der Waals surface area contributed by atoms with Gasteiger partial charge in [-0.1, -0.05) is 30.3 Å². The van der Waals surface area contributed by atoms with Crippen LogP contribution in [0, 0.1) is 0 Å². The van der Waals surface area contributed by atoms with Gasteiger partial charge < -0.3 is 20.5 Å². The molecule has 1 fully saturated rings. The Balaban J connectivity index is 0.00000220. The summed E-state index contributed by atoms with van der Waals surface area (Å²) >= 11 is 0. The smallest absolute Gasteiger partial charge is 0.408 e. The SMILES string of the molecule is Cl.NC[C@@H](NC(=O)OCc1ccccc1)C(=O)OC1CC1. The predicted octanol–water partition coefficient (Wildman–Crippen LogP) is 1.37. The van der Waals surface area contributed by atoms with Crippen LogP contribution in [0.15, 0.2) is 30.3 Å². The van der Waals surface area contributed by atoms with E-state index in [1.165, 1.54) is 0 Å². The fraction of sp³-hybridized carbons (Fsp3) is 0.429. The van der Waals surface area contributed by atoms with Crippen LogP contribution in [0.25, 0.3) is 0 Å². The lowest BCUT2D eigenvalue weighted by molar-refractivity contribution is -0.147. The average Bonchev–Trinajstić information content (AvgIpc) is 3.27. The number of ether oxygens (including phenoxy) is 2. The van der Waals surface area contributed by atoms with Gasteiger partial charge in [0.2, 0.25) is 0 Å². The maximum absolute atomic E-state index is 11.7. The highest BCUT2D eigenvalue weighted by Crippen LogP contribution is 2.23. The van der Waals surface area contributed by atoms with Crippen molar-refractivity contribution in [2.75, 3.05) is 6.54 Å². The number of carbonyl (C=O) groups is 2. The van der Waals surface area contributed by atoms with Gasteiger partial charge in [-0.3, -0.25) is 0 Å². The zero-order chi connectivity index (χ0) is 14.4. The molecule has 0 unspecified atom stereocenters. The van der Waals surface area contributed by atoms with Gasteiger partial charge in [-0.2, -0.15) is 0 Å². The van der Waals surface area contributed by atoms with Gasteiger partial charge in [-0.25, -0.2) is 9.59 Å². The Hall–Kier alpha value is -1.79. The van der Waals surface area contributed by atoms with Gasteiger partial charge >= 0.3 is 12.1 Å². The molecule has 21 heavy (non-hydrogen) atoms. The van der Waals surface area contributed by atoms with E-state index in [1.807, 2.05) is 30.3 Å². The number of nitrogens with two attached hydrogens (primary N) is 1. The molecule has 0 aliphatic heterocycles. The van der Waals surface area contributed by atoms with E-state index in [9.17, 15) is 9.59 Å². The molecule has 6 nitrogen and oxygen atoms in total. The molecule has 1 aliphatic carbocycles. The summed E-state index contributed by atoms with van der Waals surface area (Å²) in [5.74, 6) is -0.508. The van der Waals surface area contributed by atoms with Crippen LogP contribution in [0.3, 0.4) is 0 Å². The van der Waals surface area contributed by atoms with Gasteiger partial charge in [0, 0.05) is 6.54 Å². The zero-order valence-electron chi connectivity index (χ0n) is 11.5. The minimum atomic E-state index is -0.862. The molecule has 2 rings (SSSR count). The summed E-state index contributed by atoms with van der Waals surface area (Å²) in [6, 6.07) is 8.41. The number of halogens is 1. The molecule has 1 saturated carbocycles. The fourth-order valence-corrected chi connectivity index (χ4v) is 1.55. The van der Waals surface area contributed by atoms with Gasteiger partial charge in [-0.15, -0.1) is 12.4 Å². The molecule has 1 amide bonds. The molecular weight excluding hydrogens is 296 g/mol. The van der Waals surface area contributed by atoms with Crippen molar-refractivity contribution >= 4 is 24.5 Å². The number of hydrogen-bond acceptors (Lipinski definition) is 5. The van der Waals surface area contributed by atoms with Crippen LogP contribution in [0.4, 0.5) is 4.79 Å². The molecule has 0 saturated heterocycles. The Morgan fingerprint density at radius 2 is 1.95 bits per heavy atom. The van der Waals surface area contributed by atoms with E-state index < -0.39 is 18.1 Å². The van der Waals surface area contributed by atoms with Crippen molar-refractivity contribution in [1.82, 2.24) is 5.32 Å². The Bertz CT molecular complexity index is 465. The zero-order valence-corrected chi connectivity index (χ0v) is 12.3. The maximum atomic E-state index is 11.7. The second-order valence-corrected chi connectivity index (χ2v) is 4.63. The lowest BCUT2D eigenvalue weighted by Gasteiger charge is -2.15. The van der Waals surface area contributed by atoms with Crippen LogP contribution in [-0.4, -0.2) is 30.8 Å². The third-order valence-corrected chi connectivity index (χ3v) is 2.83. The molecular formula is C14H19ClN2O4. The molecule has 1 aromatic carbocycles. The lowest BCUT2D eigenvalue weighted by Crippen LogP contribution is -2.47. The standard InChI is InChI=1S/C14H18N2O4.ClH/c15-8-12(13(17)20-11-6-7-11)16-14(18)19-9-10-4-2-1-3-5-10;/h1-5,11-12H,6-9,15H2,(H,16,18);1H/t12-;/m1./s1. The summed E-state index contributed by atoms with van der Waals surface area (Å²) in [7, 11) is 0. The van der Waals surface area contributed by atoms with Crippen molar-refractivity contribution < 1.29 is 19.1 Å². The lowest BCUT2D eigenvalue weighted by atomic mass is 10.2. The van der Waals surface area contributed by atoms with Crippen molar-refractivity contribution in [3.63, 3.8) is 0 Å². The summed E-state index contributed by atoms with van der Waals surface area (Å²) in [5, 5.41) is 2.41. The molecule has 0 bridgehead atoms. The number of rotatable bonds is 6. The Kier molecular flexibility index (Phi) is 6.98. The van der Waals surface area contributed by atoms with Gasteiger partial charge in [0.25, 0.3) is 0 Å².